The van der Waals surface area contributed by atoms with Gasteiger partial charge >= 0.3 is 5.97 Å². The van der Waals surface area contributed by atoms with Crippen LogP contribution in [0.2, 0.25) is 5.02 Å². The predicted octanol–water partition coefficient (Wildman–Crippen LogP) is 4.51. The Kier molecular flexibility index (Phi) is 6.48. The second-order valence-corrected chi connectivity index (χ2v) is 6.61. The van der Waals surface area contributed by atoms with Crippen molar-refractivity contribution in [1.82, 2.24) is 0 Å². The topological polar surface area (TPSA) is 97.6 Å². The largest absolute Gasteiger partial charge is 0.459 e. The van der Waals surface area contributed by atoms with Gasteiger partial charge in [0.1, 0.15) is 5.82 Å². The summed E-state index contributed by atoms with van der Waals surface area (Å²) in [6.07, 6.45) is 0.207. The number of hydrogen-bond donors (Lipinski definition) is 2. The highest BCUT2D eigenvalue weighted by Crippen LogP contribution is 2.19. The molecule has 0 saturated carbocycles. The van der Waals surface area contributed by atoms with Crippen LogP contribution in [0.25, 0.3) is 0 Å². The van der Waals surface area contributed by atoms with E-state index in [0.717, 1.165) is 6.07 Å². The van der Waals surface area contributed by atoms with Crippen LogP contribution in [0.15, 0.2) is 65.3 Å². The average molecular weight is 431 g/mol. The molecule has 1 atom stereocenters. The quantitative estimate of drug-likeness (QED) is 0.561. The van der Waals surface area contributed by atoms with Gasteiger partial charge in [0, 0.05) is 10.7 Å². The Balaban J connectivity index is 1.56. The zero-order valence-electron chi connectivity index (χ0n) is 15.6. The lowest BCUT2D eigenvalue weighted by molar-refractivity contribution is -0.123. The molecule has 0 bridgehead atoms. The van der Waals surface area contributed by atoms with Crippen molar-refractivity contribution >= 4 is 40.8 Å². The molecule has 1 heterocycles. The van der Waals surface area contributed by atoms with Crippen LogP contribution in [0.5, 0.6) is 0 Å². The van der Waals surface area contributed by atoms with E-state index >= 15 is 0 Å². The molecule has 2 aromatic carbocycles. The average Bonchev–Trinajstić information content (AvgIpc) is 3.25. The highest BCUT2D eigenvalue weighted by Gasteiger charge is 2.20. The van der Waals surface area contributed by atoms with Gasteiger partial charge in [0.05, 0.1) is 17.5 Å². The number of amides is 2. The fourth-order valence-corrected chi connectivity index (χ4v) is 2.56. The number of anilines is 2. The van der Waals surface area contributed by atoms with Crippen molar-refractivity contribution < 1.29 is 27.9 Å². The minimum atomic E-state index is -1.18. The first kappa shape index (κ1) is 21.1. The van der Waals surface area contributed by atoms with Gasteiger partial charge < -0.3 is 19.8 Å². The molecule has 2 N–H and O–H groups in total. The van der Waals surface area contributed by atoms with Gasteiger partial charge in [0.15, 0.2) is 11.9 Å². The summed E-state index contributed by atoms with van der Waals surface area (Å²) in [5.41, 5.74) is 0.532. The lowest BCUT2D eigenvalue weighted by atomic mass is 10.2. The molecule has 154 valence electrons. The first-order chi connectivity index (χ1) is 14.3. The first-order valence-corrected chi connectivity index (χ1v) is 9.13. The minimum Gasteiger partial charge on any atom is -0.459 e. The minimum absolute atomic E-state index is 0.0797. The molecule has 2 amide bonds. The molecule has 3 aromatic rings. The monoisotopic (exact) mass is 430 g/mol. The summed E-state index contributed by atoms with van der Waals surface area (Å²) in [7, 11) is 0. The Bertz CT molecular complexity index is 1070. The molecule has 1 unspecified atom stereocenters. The molecule has 0 fully saturated rings. The van der Waals surface area contributed by atoms with Crippen molar-refractivity contribution in [2.75, 3.05) is 10.6 Å². The lowest BCUT2D eigenvalue weighted by Crippen LogP contribution is -2.30. The first-order valence-electron chi connectivity index (χ1n) is 8.75. The van der Waals surface area contributed by atoms with E-state index in [1.807, 2.05) is 0 Å². The van der Waals surface area contributed by atoms with Crippen molar-refractivity contribution in [2.24, 2.45) is 0 Å². The van der Waals surface area contributed by atoms with E-state index < -0.39 is 29.7 Å². The zero-order chi connectivity index (χ0) is 21.7. The van der Waals surface area contributed by atoms with Gasteiger partial charge in [-0.2, -0.15) is 0 Å². The fourth-order valence-electron chi connectivity index (χ4n) is 2.40. The van der Waals surface area contributed by atoms with Crippen LogP contribution in [0.3, 0.4) is 0 Å². The molecule has 0 spiro atoms. The van der Waals surface area contributed by atoms with Crippen molar-refractivity contribution in [2.45, 2.75) is 13.0 Å². The van der Waals surface area contributed by atoms with Gasteiger partial charge in [-0.25, -0.2) is 9.18 Å². The SMILES string of the molecule is CC(OC(=O)c1ccc(NC(=O)c2ccco2)cc1)C(=O)Nc1ccc(Cl)cc1F. The maximum atomic E-state index is 13.8. The molecule has 0 aliphatic rings. The number of carbonyl (C=O) groups is 3. The Morgan fingerprint density at radius 2 is 1.80 bits per heavy atom. The number of esters is 1. The van der Waals surface area contributed by atoms with Crippen molar-refractivity contribution in [3.8, 4) is 0 Å². The van der Waals surface area contributed by atoms with Gasteiger partial charge in [-0.1, -0.05) is 11.6 Å². The van der Waals surface area contributed by atoms with E-state index in [9.17, 15) is 18.8 Å². The van der Waals surface area contributed by atoms with Crippen molar-refractivity contribution in [3.05, 3.63) is 83.0 Å². The highest BCUT2D eigenvalue weighted by molar-refractivity contribution is 6.30. The Morgan fingerprint density at radius 1 is 1.07 bits per heavy atom. The molecular weight excluding hydrogens is 415 g/mol. The number of halogens is 2. The van der Waals surface area contributed by atoms with E-state index in [2.05, 4.69) is 10.6 Å². The van der Waals surface area contributed by atoms with Crippen molar-refractivity contribution in [3.63, 3.8) is 0 Å². The molecule has 3 rings (SSSR count). The van der Waals surface area contributed by atoms with Crippen LogP contribution in [0, 0.1) is 5.82 Å². The summed E-state index contributed by atoms with van der Waals surface area (Å²) in [6.45, 7) is 1.36. The third-order valence-electron chi connectivity index (χ3n) is 3.97. The highest BCUT2D eigenvalue weighted by atomic mass is 35.5. The maximum absolute atomic E-state index is 13.8. The fraction of sp³-hybridized carbons (Fsp3) is 0.0952. The zero-order valence-corrected chi connectivity index (χ0v) is 16.4. The molecular formula is C21H16ClFN2O5. The Morgan fingerprint density at radius 3 is 2.43 bits per heavy atom. The Hall–Kier alpha value is -3.65. The number of rotatable bonds is 6. The van der Waals surface area contributed by atoms with Gasteiger partial charge in [-0.05, 0) is 61.5 Å². The van der Waals surface area contributed by atoms with Gasteiger partial charge in [-0.15, -0.1) is 0 Å². The van der Waals surface area contributed by atoms with Gasteiger partial charge in [0.2, 0.25) is 0 Å². The van der Waals surface area contributed by atoms with E-state index in [0.29, 0.717) is 5.69 Å². The normalized spacial score (nSPS) is 11.4. The van der Waals surface area contributed by atoms with Crippen molar-refractivity contribution in [1.29, 1.82) is 0 Å². The van der Waals surface area contributed by atoms with Crippen LogP contribution in [-0.4, -0.2) is 23.9 Å². The second-order valence-electron chi connectivity index (χ2n) is 6.17. The Labute approximate surface area is 175 Å². The van der Waals surface area contributed by atoms with Crippen LogP contribution in [0.1, 0.15) is 27.8 Å². The lowest BCUT2D eigenvalue weighted by Gasteiger charge is -2.14. The second kappa shape index (κ2) is 9.23. The number of carbonyl (C=O) groups excluding carboxylic acids is 3. The van der Waals surface area contributed by atoms with Crippen LogP contribution < -0.4 is 10.6 Å². The van der Waals surface area contributed by atoms with E-state index in [4.69, 9.17) is 20.8 Å². The maximum Gasteiger partial charge on any atom is 0.338 e. The molecule has 7 nitrogen and oxygen atoms in total. The summed E-state index contributed by atoms with van der Waals surface area (Å²) in [6, 6.07) is 12.8. The molecule has 0 aliphatic carbocycles. The number of nitrogens with one attached hydrogen (secondary N) is 2. The van der Waals surface area contributed by atoms with Crippen LogP contribution in [0.4, 0.5) is 15.8 Å². The van der Waals surface area contributed by atoms with Gasteiger partial charge in [0.25, 0.3) is 11.8 Å². The standard InChI is InChI=1S/C21H16ClFN2O5/c1-12(19(26)25-17-9-6-14(22)11-16(17)23)30-21(28)13-4-7-15(8-5-13)24-20(27)18-3-2-10-29-18/h2-12H,1H3,(H,24,27)(H,25,26). The van der Waals surface area contributed by atoms with E-state index in [1.54, 1.807) is 6.07 Å². The summed E-state index contributed by atoms with van der Waals surface area (Å²) in [5.74, 6) is -2.45. The third-order valence-corrected chi connectivity index (χ3v) is 4.20. The summed E-state index contributed by atoms with van der Waals surface area (Å²) >= 11 is 5.67. The predicted molar refractivity (Wildman–Crippen MR) is 108 cm³/mol. The molecule has 0 saturated heterocycles. The summed E-state index contributed by atoms with van der Waals surface area (Å²) < 4.78 is 23.9. The number of hydrogen-bond acceptors (Lipinski definition) is 5. The van der Waals surface area contributed by atoms with E-state index in [-0.39, 0.29) is 22.0 Å². The van der Waals surface area contributed by atoms with E-state index in [1.165, 1.54) is 55.7 Å². The number of ether oxygens (including phenoxy) is 1. The van der Waals surface area contributed by atoms with Gasteiger partial charge in [-0.3, -0.25) is 9.59 Å². The third kappa shape index (κ3) is 5.24. The molecule has 9 heteroatoms. The number of furan rings is 1. The smallest absolute Gasteiger partial charge is 0.338 e. The molecule has 1 aromatic heterocycles. The molecule has 0 aliphatic heterocycles. The van der Waals surface area contributed by atoms with Crippen LogP contribution in [-0.2, 0) is 9.53 Å². The summed E-state index contributed by atoms with van der Waals surface area (Å²) in [4.78, 5) is 36.3. The summed E-state index contributed by atoms with van der Waals surface area (Å²) in [5, 5.41) is 5.13. The molecule has 0 radical (unpaired) electrons. The number of benzene rings is 2. The van der Waals surface area contributed by atoms with Crippen LogP contribution >= 0.6 is 11.6 Å². The molecule has 30 heavy (non-hydrogen) atoms.